The Morgan fingerprint density at radius 3 is 2.56 bits per heavy atom. The Hall–Kier alpha value is -1.14. The third kappa shape index (κ3) is 4.16. The fourth-order valence-corrected chi connectivity index (χ4v) is 1.27. The summed E-state index contributed by atoms with van der Waals surface area (Å²) in [5.41, 5.74) is 0. The van der Waals surface area contributed by atoms with Crippen LogP contribution in [0.3, 0.4) is 0 Å². The zero-order valence-electron chi connectivity index (χ0n) is 9.65. The average molecular weight is 232 g/mol. The van der Waals surface area contributed by atoms with Crippen LogP contribution in [0.2, 0.25) is 0 Å². The number of methoxy groups -OCH3 is 1. The highest BCUT2D eigenvalue weighted by Gasteiger charge is 2.33. The Balaban J connectivity index is 2.20. The first-order valence-electron chi connectivity index (χ1n) is 4.97. The monoisotopic (exact) mass is 232 g/mol. The van der Waals surface area contributed by atoms with Crippen molar-refractivity contribution in [3.05, 3.63) is 0 Å². The molecule has 0 aromatic heterocycles. The van der Waals surface area contributed by atoms with Gasteiger partial charge >= 0.3 is 11.9 Å². The van der Waals surface area contributed by atoms with Gasteiger partial charge in [0.2, 0.25) is 0 Å². The second-order valence-corrected chi connectivity index (χ2v) is 3.89. The van der Waals surface area contributed by atoms with E-state index in [0.29, 0.717) is 6.61 Å². The Labute approximate surface area is 93.8 Å². The maximum Gasteiger partial charge on any atom is 0.317 e. The van der Waals surface area contributed by atoms with E-state index < -0.39 is 17.7 Å². The zero-order chi connectivity index (χ0) is 12.2. The molecule has 1 saturated heterocycles. The molecule has 0 radical (unpaired) electrons. The van der Waals surface area contributed by atoms with Crippen molar-refractivity contribution in [3.8, 4) is 0 Å². The van der Waals surface area contributed by atoms with Crippen LogP contribution in [0.4, 0.5) is 0 Å². The fourth-order valence-electron chi connectivity index (χ4n) is 1.27. The Bertz CT molecular complexity index is 272. The largest absolute Gasteiger partial charge is 0.469 e. The van der Waals surface area contributed by atoms with Crippen molar-refractivity contribution in [1.82, 2.24) is 0 Å². The summed E-state index contributed by atoms with van der Waals surface area (Å²) in [6.45, 7) is 4.02. The van der Waals surface area contributed by atoms with E-state index in [4.69, 9.17) is 14.2 Å². The zero-order valence-corrected chi connectivity index (χ0v) is 9.65. The molecule has 1 aliphatic heterocycles. The molecule has 0 aromatic carbocycles. The summed E-state index contributed by atoms with van der Waals surface area (Å²) in [5, 5.41) is 0. The number of carbonyl (C=O) groups excluding carboxylic acids is 2. The van der Waals surface area contributed by atoms with Crippen LogP contribution in [0.5, 0.6) is 0 Å². The molecular weight excluding hydrogens is 216 g/mol. The Kier molecular flexibility index (Phi) is 4.26. The normalized spacial score (nSPS) is 22.8. The molecule has 6 heteroatoms. The highest BCUT2D eigenvalue weighted by molar-refractivity contribution is 5.91. The van der Waals surface area contributed by atoms with Gasteiger partial charge in [-0.05, 0) is 13.8 Å². The van der Waals surface area contributed by atoms with Crippen molar-refractivity contribution < 1.29 is 28.5 Å². The van der Waals surface area contributed by atoms with E-state index in [-0.39, 0.29) is 19.1 Å². The standard InChI is InChI=1S/C10H16O6/c1-10(2)15-6-7(16-10)5-14-9(12)4-8(11)13-3/h7H,4-6H2,1-3H3. The molecule has 1 fully saturated rings. The van der Waals surface area contributed by atoms with Gasteiger partial charge < -0.3 is 18.9 Å². The van der Waals surface area contributed by atoms with E-state index >= 15 is 0 Å². The lowest BCUT2D eigenvalue weighted by Gasteiger charge is -2.16. The molecule has 16 heavy (non-hydrogen) atoms. The summed E-state index contributed by atoms with van der Waals surface area (Å²) in [6.07, 6.45) is -0.662. The van der Waals surface area contributed by atoms with Crippen LogP contribution in [0.15, 0.2) is 0 Å². The molecule has 1 atom stereocenters. The molecule has 1 heterocycles. The van der Waals surface area contributed by atoms with Crippen LogP contribution in [0.25, 0.3) is 0 Å². The lowest BCUT2D eigenvalue weighted by atomic mass is 10.4. The Morgan fingerprint density at radius 1 is 1.38 bits per heavy atom. The third-order valence-corrected chi connectivity index (χ3v) is 2.01. The van der Waals surface area contributed by atoms with Gasteiger partial charge in [-0.2, -0.15) is 0 Å². The highest BCUT2D eigenvalue weighted by Crippen LogP contribution is 2.22. The van der Waals surface area contributed by atoms with E-state index in [1.165, 1.54) is 7.11 Å². The molecular formula is C10H16O6. The molecule has 1 aliphatic rings. The molecule has 0 N–H and O–H groups in total. The predicted molar refractivity (Wildman–Crippen MR) is 52.5 cm³/mol. The average Bonchev–Trinajstić information content (AvgIpc) is 2.55. The number of hydrogen-bond acceptors (Lipinski definition) is 6. The maximum atomic E-state index is 11.1. The van der Waals surface area contributed by atoms with Crippen LogP contribution >= 0.6 is 0 Å². The molecule has 92 valence electrons. The van der Waals surface area contributed by atoms with Gasteiger partial charge in [0.15, 0.2) is 5.79 Å². The molecule has 0 saturated carbocycles. The van der Waals surface area contributed by atoms with Crippen LogP contribution in [0.1, 0.15) is 20.3 Å². The minimum atomic E-state index is -0.639. The summed E-state index contributed by atoms with van der Waals surface area (Å²) < 4.78 is 19.9. The van der Waals surface area contributed by atoms with E-state index in [2.05, 4.69) is 4.74 Å². The molecule has 0 aromatic rings. The van der Waals surface area contributed by atoms with Crippen LogP contribution in [-0.2, 0) is 28.5 Å². The number of ether oxygens (including phenoxy) is 4. The number of hydrogen-bond donors (Lipinski definition) is 0. The van der Waals surface area contributed by atoms with Gasteiger partial charge in [0, 0.05) is 0 Å². The lowest BCUT2D eigenvalue weighted by molar-refractivity contribution is -0.162. The predicted octanol–water partition coefficient (Wildman–Crippen LogP) is 0.244. The number of rotatable bonds is 4. The first-order valence-corrected chi connectivity index (χ1v) is 4.97. The van der Waals surface area contributed by atoms with Crippen LogP contribution in [0, 0.1) is 0 Å². The Morgan fingerprint density at radius 2 is 2.06 bits per heavy atom. The summed E-state index contributed by atoms with van der Waals surface area (Å²) in [5.74, 6) is -1.88. The van der Waals surface area contributed by atoms with E-state index in [9.17, 15) is 9.59 Å². The third-order valence-electron chi connectivity index (χ3n) is 2.01. The molecule has 0 bridgehead atoms. The van der Waals surface area contributed by atoms with Gasteiger partial charge in [0.1, 0.15) is 19.1 Å². The summed E-state index contributed by atoms with van der Waals surface area (Å²) in [4.78, 5) is 21.9. The van der Waals surface area contributed by atoms with Gasteiger partial charge in [-0.15, -0.1) is 0 Å². The number of carbonyl (C=O) groups is 2. The quantitative estimate of drug-likeness (QED) is 0.511. The van der Waals surface area contributed by atoms with Gasteiger partial charge in [-0.3, -0.25) is 9.59 Å². The second kappa shape index (κ2) is 5.27. The fraction of sp³-hybridized carbons (Fsp3) is 0.800. The van der Waals surface area contributed by atoms with Gasteiger partial charge in [0.05, 0.1) is 13.7 Å². The van der Waals surface area contributed by atoms with Gasteiger partial charge in [0.25, 0.3) is 0 Å². The maximum absolute atomic E-state index is 11.1. The van der Waals surface area contributed by atoms with Crippen molar-refractivity contribution >= 4 is 11.9 Å². The van der Waals surface area contributed by atoms with E-state index in [1.54, 1.807) is 13.8 Å². The molecule has 0 aliphatic carbocycles. The van der Waals surface area contributed by atoms with Crippen molar-refractivity contribution in [3.63, 3.8) is 0 Å². The lowest BCUT2D eigenvalue weighted by Crippen LogP contribution is -2.25. The SMILES string of the molecule is COC(=O)CC(=O)OCC1COC(C)(C)O1. The van der Waals surface area contributed by atoms with Crippen molar-refractivity contribution in [2.24, 2.45) is 0 Å². The van der Waals surface area contributed by atoms with Crippen LogP contribution < -0.4 is 0 Å². The van der Waals surface area contributed by atoms with Crippen LogP contribution in [-0.4, -0.2) is 44.2 Å². The first-order chi connectivity index (χ1) is 7.43. The van der Waals surface area contributed by atoms with Gasteiger partial charge in [-0.25, -0.2) is 0 Å². The molecule has 1 unspecified atom stereocenters. The van der Waals surface area contributed by atoms with E-state index in [1.807, 2.05) is 0 Å². The first kappa shape index (κ1) is 12.9. The summed E-state index contributed by atoms with van der Waals surface area (Å²) in [7, 11) is 1.21. The number of esters is 2. The molecule has 1 rings (SSSR count). The molecule has 0 spiro atoms. The van der Waals surface area contributed by atoms with Crippen molar-refractivity contribution in [2.75, 3.05) is 20.3 Å². The molecule has 0 amide bonds. The minimum Gasteiger partial charge on any atom is -0.469 e. The van der Waals surface area contributed by atoms with Crippen molar-refractivity contribution in [2.45, 2.75) is 32.2 Å². The van der Waals surface area contributed by atoms with E-state index in [0.717, 1.165) is 0 Å². The smallest absolute Gasteiger partial charge is 0.317 e. The second-order valence-electron chi connectivity index (χ2n) is 3.89. The highest BCUT2D eigenvalue weighted by atomic mass is 16.7. The summed E-state index contributed by atoms with van der Waals surface area (Å²) >= 11 is 0. The summed E-state index contributed by atoms with van der Waals surface area (Å²) in [6, 6.07) is 0. The minimum absolute atomic E-state index is 0.0826. The van der Waals surface area contributed by atoms with Crippen molar-refractivity contribution in [1.29, 1.82) is 0 Å². The molecule has 6 nitrogen and oxygen atoms in total. The topological polar surface area (TPSA) is 71.1 Å². The van der Waals surface area contributed by atoms with Gasteiger partial charge in [-0.1, -0.05) is 0 Å².